The number of benzene rings is 1. The fraction of sp³-hybridized carbons (Fsp3) is 0.450. The molecule has 0 fully saturated rings. The van der Waals surface area contributed by atoms with Crippen molar-refractivity contribution in [2.75, 3.05) is 11.9 Å². The third-order valence-electron chi connectivity index (χ3n) is 4.78. The standard InChI is InChI=1S/C20H23BrF2O4/c1-11(2)14-5-4-12(3)8-15(14)18-16(24)9-13(10-17(18)25)20(22,23)19(26)27-7-6-21/h8-10,14-15,24-25H,1,4-7H2,2-3H3/t14-,15+/m0/s1. The zero-order valence-electron chi connectivity index (χ0n) is 15.3. The van der Waals surface area contributed by atoms with E-state index in [0.717, 1.165) is 36.1 Å². The van der Waals surface area contributed by atoms with Gasteiger partial charge in [-0.15, -0.1) is 0 Å². The number of phenolic OH excluding ortho intramolecular Hbond substituents is 2. The summed E-state index contributed by atoms with van der Waals surface area (Å²) in [5.74, 6) is -7.09. The van der Waals surface area contributed by atoms with Gasteiger partial charge in [-0.3, -0.25) is 0 Å². The number of hydrogen-bond acceptors (Lipinski definition) is 4. The van der Waals surface area contributed by atoms with E-state index in [-0.39, 0.29) is 29.3 Å². The number of rotatable bonds is 6. The van der Waals surface area contributed by atoms with E-state index in [1.807, 2.05) is 19.9 Å². The van der Waals surface area contributed by atoms with Gasteiger partial charge in [-0.2, -0.15) is 8.78 Å². The normalized spacial score (nSPS) is 20.1. The predicted molar refractivity (Wildman–Crippen MR) is 102 cm³/mol. The second-order valence-corrected chi connectivity index (χ2v) is 7.65. The van der Waals surface area contributed by atoms with Gasteiger partial charge in [0, 0.05) is 22.4 Å². The molecule has 0 heterocycles. The lowest BCUT2D eigenvalue weighted by atomic mass is 9.73. The van der Waals surface area contributed by atoms with Crippen LogP contribution in [0.15, 0.2) is 35.9 Å². The van der Waals surface area contributed by atoms with Crippen LogP contribution in [0.1, 0.15) is 43.7 Å². The van der Waals surface area contributed by atoms with Crippen molar-refractivity contribution in [2.24, 2.45) is 5.92 Å². The van der Waals surface area contributed by atoms with Gasteiger partial charge in [-0.25, -0.2) is 4.79 Å². The Morgan fingerprint density at radius 1 is 1.37 bits per heavy atom. The Kier molecular flexibility index (Phi) is 6.68. The molecule has 0 saturated heterocycles. The molecule has 2 atom stereocenters. The van der Waals surface area contributed by atoms with E-state index in [1.54, 1.807) is 0 Å². The molecule has 1 aliphatic rings. The molecule has 1 aromatic rings. The van der Waals surface area contributed by atoms with E-state index in [1.165, 1.54) is 0 Å². The molecule has 2 rings (SSSR count). The van der Waals surface area contributed by atoms with Crippen molar-refractivity contribution in [1.82, 2.24) is 0 Å². The van der Waals surface area contributed by atoms with E-state index in [9.17, 15) is 23.8 Å². The highest BCUT2D eigenvalue weighted by Gasteiger charge is 2.44. The van der Waals surface area contributed by atoms with Crippen LogP contribution in [-0.4, -0.2) is 28.1 Å². The molecule has 0 bridgehead atoms. The van der Waals surface area contributed by atoms with E-state index in [2.05, 4.69) is 27.2 Å². The number of allylic oxidation sites excluding steroid dienone is 3. The number of halogens is 3. The highest BCUT2D eigenvalue weighted by atomic mass is 79.9. The van der Waals surface area contributed by atoms with Gasteiger partial charge < -0.3 is 14.9 Å². The Morgan fingerprint density at radius 3 is 2.48 bits per heavy atom. The maximum absolute atomic E-state index is 14.3. The molecule has 148 valence electrons. The summed E-state index contributed by atoms with van der Waals surface area (Å²) in [7, 11) is 0. The highest BCUT2D eigenvalue weighted by Crippen LogP contribution is 2.47. The summed E-state index contributed by atoms with van der Waals surface area (Å²) in [5.41, 5.74) is 1.32. The average Bonchev–Trinajstić information content (AvgIpc) is 2.58. The minimum atomic E-state index is -3.98. The second-order valence-electron chi connectivity index (χ2n) is 6.86. The Hall–Kier alpha value is -1.89. The molecule has 0 unspecified atom stereocenters. The Morgan fingerprint density at radius 2 is 1.96 bits per heavy atom. The lowest BCUT2D eigenvalue weighted by Gasteiger charge is -2.31. The molecule has 0 aromatic heterocycles. The van der Waals surface area contributed by atoms with Crippen molar-refractivity contribution in [3.8, 4) is 11.5 Å². The second kappa shape index (κ2) is 8.42. The van der Waals surface area contributed by atoms with Gasteiger partial charge in [0.2, 0.25) is 0 Å². The van der Waals surface area contributed by atoms with Crippen molar-refractivity contribution >= 4 is 21.9 Å². The molecule has 0 saturated carbocycles. The summed E-state index contributed by atoms with van der Waals surface area (Å²) in [6.45, 7) is 7.56. The first-order valence-corrected chi connectivity index (χ1v) is 9.71. The number of aromatic hydroxyl groups is 2. The van der Waals surface area contributed by atoms with Crippen LogP contribution in [0, 0.1) is 5.92 Å². The molecule has 4 nitrogen and oxygen atoms in total. The van der Waals surface area contributed by atoms with Crippen LogP contribution in [0.3, 0.4) is 0 Å². The first-order chi connectivity index (χ1) is 12.6. The number of alkyl halides is 3. The SMILES string of the molecule is C=C(C)[C@@H]1CCC(C)=C[C@H]1c1c(O)cc(C(F)(F)C(=O)OCCBr)cc1O. The lowest BCUT2D eigenvalue weighted by Crippen LogP contribution is -2.29. The minimum Gasteiger partial charge on any atom is -0.507 e. The molecular weight excluding hydrogens is 422 g/mol. The van der Waals surface area contributed by atoms with Crippen LogP contribution in [0.25, 0.3) is 0 Å². The molecule has 0 spiro atoms. The third kappa shape index (κ3) is 4.51. The largest absolute Gasteiger partial charge is 0.507 e. The number of carbonyl (C=O) groups is 1. The van der Waals surface area contributed by atoms with Crippen molar-refractivity contribution in [2.45, 2.75) is 38.5 Å². The van der Waals surface area contributed by atoms with Crippen molar-refractivity contribution in [3.63, 3.8) is 0 Å². The van der Waals surface area contributed by atoms with Gasteiger partial charge in [-0.05, 0) is 44.7 Å². The fourth-order valence-corrected chi connectivity index (χ4v) is 3.55. The third-order valence-corrected chi connectivity index (χ3v) is 5.10. The number of hydrogen-bond donors (Lipinski definition) is 2. The number of ether oxygens (including phenoxy) is 1. The molecule has 1 aromatic carbocycles. The summed E-state index contributed by atoms with van der Waals surface area (Å²) in [6, 6.07) is 1.63. The van der Waals surface area contributed by atoms with Crippen molar-refractivity contribution < 1.29 is 28.5 Å². The summed E-state index contributed by atoms with van der Waals surface area (Å²) >= 11 is 2.99. The maximum atomic E-state index is 14.3. The summed E-state index contributed by atoms with van der Waals surface area (Å²) in [5, 5.41) is 21.1. The number of carbonyl (C=O) groups excluding carboxylic acids is 1. The molecule has 27 heavy (non-hydrogen) atoms. The molecule has 7 heteroatoms. The van der Waals surface area contributed by atoms with Crippen LogP contribution >= 0.6 is 15.9 Å². The minimum absolute atomic E-state index is 0.0271. The van der Waals surface area contributed by atoms with E-state index >= 15 is 0 Å². The van der Waals surface area contributed by atoms with Gasteiger partial charge in [-0.1, -0.05) is 39.7 Å². The zero-order valence-corrected chi connectivity index (χ0v) is 16.9. The van der Waals surface area contributed by atoms with Crippen LogP contribution < -0.4 is 0 Å². The predicted octanol–water partition coefficient (Wildman–Crippen LogP) is 5.14. The highest BCUT2D eigenvalue weighted by molar-refractivity contribution is 9.09. The molecule has 0 amide bonds. The first kappa shape index (κ1) is 21.4. The zero-order chi connectivity index (χ0) is 20.4. The smallest absolute Gasteiger partial charge is 0.382 e. The monoisotopic (exact) mass is 444 g/mol. The molecule has 0 radical (unpaired) electrons. The van der Waals surface area contributed by atoms with Crippen LogP contribution in [0.5, 0.6) is 11.5 Å². The number of esters is 1. The topological polar surface area (TPSA) is 66.8 Å². The van der Waals surface area contributed by atoms with E-state index in [4.69, 9.17) is 0 Å². The Labute approximate surface area is 165 Å². The first-order valence-electron chi connectivity index (χ1n) is 8.59. The quantitative estimate of drug-likeness (QED) is 0.362. The Balaban J connectivity index is 2.46. The molecule has 2 N–H and O–H groups in total. The van der Waals surface area contributed by atoms with E-state index < -0.39 is 29.0 Å². The maximum Gasteiger partial charge on any atom is 0.382 e. The van der Waals surface area contributed by atoms with E-state index in [0.29, 0.717) is 0 Å². The van der Waals surface area contributed by atoms with Gasteiger partial charge in [0.25, 0.3) is 0 Å². The lowest BCUT2D eigenvalue weighted by molar-refractivity contribution is -0.172. The summed E-state index contributed by atoms with van der Waals surface area (Å²) in [6.07, 6.45) is 3.57. The van der Waals surface area contributed by atoms with Gasteiger partial charge in [0.1, 0.15) is 18.1 Å². The van der Waals surface area contributed by atoms with Crippen LogP contribution in [-0.2, 0) is 15.5 Å². The van der Waals surface area contributed by atoms with Gasteiger partial charge in [0.05, 0.1) is 0 Å². The Bertz CT molecular complexity index is 750. The van der Waals surface area contributed by atoms with Crippen molar-refractivity contribution in [1.29, 1.82) is 0 Å². The van der Waals surface area contributed by atoms with Crippen LogP contribution in [0.2, 0.25) is 0 Å². The van der Waals surface area contributed by atoms with Crippen LogP contribution in [0.4, 0.5) is 8.78 Å². The van der Waals surface area contributed by atoms with Crippen molar-refractivity contribution in [3.05, 3.63) is 47.1 Å². The average molecular weight is 445 g/mol. The molecule has 1 aliphatic carbocycles. The molecular formula is C20H23BrF2O4. The molecule has 0 aliphatic heterocycles. The summed E-state index contributed by atoms with van der Waals surface area (Å²) in [4.78, 5) is 11.6. The number of phenols is 2. The fourth-order valence-electron chi connectivity index (χ4n) is 3.39. The van der Waals surface area contributed by atoms with Gasteiger partial charge >= 0.3 is 11.9 Å². The summed E-state index contributed by atoms with van der Waals surface area (Å²) < 4.78 is 33.2. The van der Waals surface area contributed by atoms with Gasteiger partial charge in [0.15, 0.2) is 0 Å².